The summed E-state index contributed by atoms with van der Waals surface area (Å²) in [5, 5.41) is 0. The van der Waals surface area contributed by atoms with E-state index >= 15 is 0 Å². The maximum Gasteiger partial charge on any atom is 0.233 e. The van der Waals surface area contributed by atoms with Crippen molar-refractivity contribution in [3.05, 3.63) is 35.9 Å². The van der Waals surface area contributed by atoms with Crippen LogP contribution in [0.25, 0.3) is 0 Å². The second-order valence-corrected chi connectivity index (χ2v) is 4.59. The Hall–Kier alpha value is -1.31. The van der Waals surface area contributed by atoms with Gasteiger partial charge in [0.25, 0.3) is 0 Å². The highest BCUT2D eigenvalue weighted by Gasteiger charge is 2.53. The van der Waals surface area contributed by atoms with Gasteiger partial charge in [0, 0.05) is 13.1 Å². The maximum atomic E-state index is 12.2. The van der Waals surface area contributed by atoms with E-state index in [1.165, 1.54) is 12.0 Å². The Balaban J connectivity index is 1.87. The summed E-state index contributed by atoms with van der Waals surface area (Å²) in [4.78, 5) is 14.2. The molecule has 0 N–H and O–H groups in total. The molecular formula is C13H15NO. The first-order valence-electron chi connectivity index (χ1n) is 5.68. The van der Waals surface area contributed by atoms with Crippen LogP contribution in [0.2, 0.25) is 0 Å². The van der Waals surface area contributed by atoms with Gasteiger partial charge in [-0.25, -0.2) is 0 Å². The van der Waals surface area contributed by atoms with Crippen molar-refractivity contribution in [2.75, 3.05) is 13.1 Å². The molecule has 0 unspecified atom stereocenters. The summed E-state index contributed by atoms with van der Waals surface area (Å²) < 4.78 is 0. The smallest absolute Gasteiger partial charge is 0.233 e. The van der Waals surface area contributed by atoms with Gasteiger partial charge in [-0.05, 0) is 24.8 Å². The Morgan fingerprint density at radius 3 is 2.27 bits per heavy atom. The number of amides is 1. The summed E-state index contributed by atoms with van der Waals surface area (Å²) in [6.45, 7) is 1.93. The quantitative estimate of drug-likeness (QED) is 0.716. The molecule has 2 nitrogen and oxygen atoms in total. The van der Waals surface area contributed by atoms with Crippen LogP contribution in [0.5, 0.6) is 0 Å². The Bertz CT molecular complexity index is 377. The molecule has 1 heterocycles. The van der Waals surface area contributed by atoms with Crippen molar-refractivity contribution in [1.29, 1.82) is 0 Å². The fraction of sp³-hybridized carbons (Fsp3) is 0.462. The fourth-order valence-electron chi connectivity index (χ4n) is 2.33. The normalized spacial score (nSPS) is 22.0. The average Bonchev–Trinajstić information content (AvgIpc) is 2.97. The van der Waals surface area contributed by atoms with Crippen molar-refractivity contribution in [1.82, 2.24) is 4.90 Å². The van der Waals surface area contributed by atoms with Crippen LogP contribution in [-0.2, 0) is 10.2 Å². The molecule has 0 spiro atoms. The van der Waals surface area contributed by atoms with E-state index in [2.05, 4.69) is 12.1 Å². The molecule has 0 radical (unpaired) electrons. The zero-order valence-electron chi connectivity index (χ0n) is 8.78. The van der Waals surface area contributed by atoms with Gasteiger partial charge in [0.1, 0.15) is 0 Å². The number of hydrogen-bond donors (Lipinski definition) is 0. The second kappa shape index (κ2) is 3.09. The lowest BCUT2D eigenvalue weighted by molar-refractivity contribution is -0.137. The van der Waals surface area contributed by atoms with Gasteiger partial charge >= 0.3 is 0 Å². The van der Waals surface area contributed by atoms with Crippen LogP contribution in [-0.4, -0.2) is 23.9 Å². The number of benzene rings is 1. The summed E-state index contributed by atoms with van der Waals surface area (Å²) in [7, 11) is 0. The molecular weight excluding hydrogens is 186 g/mol. The van der Waals surface area contributed by atoms with Gasteiger partial charge in [-0.2, -0.15) is 0 Å². The first kappa shape index (κ1) is 8.96. The minimum absolute atomic E-state index is 0.137. The topological polar surface area (TPSA) is 20.3 Å². The molecule has 15 heavy (non-hydrogen) atoms. The van der Waals surface area contributed by atoms with Gasteiger partial charge in [0.05, 0.1) is 5.41 Å². The van der Waals surface area contributed by atoms with E-state index in [4.69, 9.17) is 0 Å². The number of hydrogen-bond acceptors (Lipinski definition) is 1. The first-order chi connectivity index (χ1) is 7.33. The molecule has 3 rings (SSSR count). The SMILES string of the molecule is O=C(N1CCC1)C1(c2ccccc2)CC1. The molecule has 2 fully saturated rings. The van der Waals surface area contributed by atoms with Gasteiger partial charge in [-0.3, -0.25) is 4.79 Å². The molecule has 1 aromatic rings. The van der Waals surface area contributed by atoms with Crippen molar-refractivity contribution in [2.24, 2.45) is 0 Å². The minimum Gasteiger partial charge on any atom is -0.342 e. The van der Waals surface area contributed by atoms with Crippen LogP contribution in [0.1, 0.15) is 24.8 Å². The summed E-state index contributed by atoms with van der Waals surface area (Å²) in [5.41, 5.74) is 1.07. The third kappa shape index (κ3) is 1.28. The third-order valence-electron chi connectivity index (χ3n) is 3.63. The monoisotopic (exact) mass is 201 g/mol. The predicted molar refractivity (Wildman–Crippen MR) is 58.6 cm³/mol. The van der Waals surface area contributed by atoms with E-state index in [-0.39, 0.29) is 5.41 Å². The number of carbonyl (C=O) groups excluding carboxylic acids is 1. The van der Waals surface area contributed by atoms with Gasteiger partial charge in [0.15, 0.2) is 0 Å². The van der Waals surface area contributed by atoms with E-state index in [0.717, 1.165) is 25.9 Å². The molecule has 0 bridgehead atoms. The molecule has 2 aliphatic rings. The van der Waals surface area contributed by atoms with Crippen molar-refractivity contribution >= 4 is 5.91 Å². The first-order valence-corrected chi connectivity index (χ1v) is 5.68. The Morgan fingerprint density at radius 1 is 1.13 bits per heavy atom. The van der Waals surface area contributed by atoms with E-state index in [0.29, 0.717) is 5.91 Å². The molecule has 0 atom stereocenters. The van der Waals surface area contributed by atoms with Gasteiger partial charge < -0.3 is 4.90 Å². The standard InChI is InChI=1S/C13H15NO/c15-12(14-9-4-10-14)13(7-8-13)11-5-2-1-3-6-11/h1-3,5-6H,4,7-10H2. The molecule has 1 aliphatic carbocycles. The lowest BCUT2D eigenvalue weighted by atomic mass is 9.93. The number of carbonyl (C=O) groups is 1. The van der Waals surface area contributed by atoms with Crippen LogP contribution in [0.4, 0.5) is 0 Å². The highest BCUT2D eigenvalue weighted by atomic mass is 16.2. The molecule has 1 aromatic carbocycles. The van der Waals surface area contributed by atoms with Crippen molar-refractivity contribution in [3.8, 4) is 0 Å². The summed E-state index contributed by atoms with van der Waals surface area (Å²) >= 11 is 0. The van der Waals surface area contributed by atoms with Gasteiger partial charge in [-0.1, -0.05) is 30.3 Å². The predicted octanol–water partition coefficient (Wildman–Crippen LogP) is 1.95. The summed E-state index contributed by atoms with van der Waals surface area (Å²) in [6.07, 6.45) is 3.25. The second-order valence-electron chi connectivity index (χ2n) is 4.59. The number of nitrogens with zero attached hydrogens (tertiary/aromatic N) is 1. The molecule has 0 aromatic heterocycles. The lowest BCUT2D eigenvalue weighted by Crippen LogP contribution is -2.47. The lowest BCUT2D eigenvalue weighted by Gasteiger charge is -2.34. The largest absolute Gasteiger partial charge is 0.342 e. The maximum absolute atomic E-state index is 12.2. The molecule has 2 heteroatoms. The van der Waals surface area contributed by atoms with E-state index in [9.17, 15) is 4.79 Å². The Kier molecular flexibility index (Phi) is 1.84. The third-order valence-corrected chi connectivity index (χ3v) is 3.63. The summed E-state index contributed by atoms with van der Waals surface area (Å²) in [6, 6.07) is 10.2. The molecule has 1 amide bonds. The van der Waals surface area contributed by atoms with Gasteiger partial charge in [-0.15, -0.1) is 0 Å². The highest BCUT2D eigenvalue weighted by Crippen LogP contribution is 2.50. The minimum atomic E-state index is -0.137. The fourth-order valence-corrected chi connectivity index (χ4v) is 2.33. The molecule has 1 aliphatic heterocycles. The van der Waals surface area contributed by atoms with E-state index in [1.54, 1.807) is 0 Å². The van der Waals surface area contributed by atoms with E-state index in [1.807, 2.05) is 23.1 Å². The summed E-state index contributed by atoms with van der Waals surface area (Å²) in [5.74, 6) is 0.361. The van der Waals surface area contributed by atoms with Crippen molar-refractivity contribution < 1.29 is 4.79 Å². The molecule has 1 saturated heterocycles. The van der Waals surface area contributed by atoms with Crippen LogP contribution in [0.3, 0.4) is 0 Å². The Morgan fingerprint density at radius 2 is 1.80 bits per heavy atom. The zero-order valence-corrected chi connectivity index (χ0v) is 8.78. The van der Waals surface area contributed by atoms with Crippen LogP contribution >= 0.6 is 0 Å². The van der Waals surface area contributed by atoms with Crippen molar-refractivity contribution in [2.45, 2.75) is 24.7 Å². The van der Waals surface area contributed by atoms with E-state index < -0.39 is 0 Å². The van der Waals surface area contributed by atoms with Crippen LogP contribution < -0.4 is 0 Å². The average molecular weight is 201 g/mol. The van der Waals surface area contributed by atoms with Crippen molar-refractivity contribution in [3.63, 3.8) is 0 Å². The molecule has 78 valence electrons. The van der Waals surface area contributed by atoms with Crippen LogP contribution in [0.15, 0.2) is 30.3 Å². The van der Waals surface area contributed by atoms with Crippen LogP contribution in [0, 0.1) is 0 Å². The highest BCUT2D eigenvalue weighted by molar-refractivity contribution is 5.91. The zero-order chi connectivity index (χ0) is 10.3. The van der Waals surface area contributed by atoms with Gasteiger partial charge in [0.2, 0.25) is 5.91 Å². The number of rotatable bonds is 2. The Labute approximate surface area is 89.9 Å². The number of likely N-dealkylation sites (tertiary alicyclic amines) is 1. The molecule has 1 saturated carbocycles.